The number of carboxylic acids is 1. The summed E-state index contributed by atoms with van der Waals surface area (Å²) in [5.41, 5.74) is 2.57. The zero-order chi connectivity index (χ0) is 15.4. The van der Waals surface area contributed by atoms with Crippen LogP contribution in [0.25, 0.3) is 0 Å². The maximum absolute atomic E-state index is 12.5. The van der Waals surface area contributed by atoms with Crippen LogP contribution < -0.4 is 4.90 Å². The van der Waals surface area contributed by atoms with Crippen molar-refractivity contribution in [3.63, 3.8) is 0 Å². The molecule has 0 fully saturated rings. The molecule has 2 aromatic rings. The fourth-order valence-electron chi connectivity index (χ4n) is 2.15. The van der Waals surface area contributed by atoms with Gasteiger partial charge in [-0.1, -0.05) is 12.1 Å². The molecule has 1 amide bonds. The number of anilines is 1. The molecule has 4 nitrogen and oxygen atoms in total. The van der Waals surface area contributed by atoms with Crippen molar-refractivity contribution in [3.05, 3.63) is 65.2 Å². The largest absolute Gasteiger partial charge is 0.478 e. The van der Waals surface area contributed by atoms with Crippen LogP contribution in [-0.4, -0.2) is 23.5 Å². The fourth-order valence-corrected chi connectivity index (χ4v) is 2.15. The van der Waals surface area contributed by atoms with E-state index in [1.807, 2.05) is 38.1 Å². The van der Waals surface area contributed by atoms with Gasteiger partial charge in [-0.15, -0.1) is 0 Å². The van der Waals surface area contributed by atoms with Gasteiger partial charge in [0.15, 0.2) is 0 Å². The second-order valence-corrected chi connectivity index (χ2v) is 4.77. The maximum atomic E-state index is 12.5. The van der Waals surface area contributed by atoms with Gasteiger partial charge in [0.2, 0.25) is 0 Å². The van der Waals surface area contributed by atoms with Crippen LogP contribution in [0.4, 0.5) is 5.69 Å². The van der Waals surface area contributed by atoms with Crippen LogP contribution in [0.1, 0.15) is 33.2 Å². The molecule has 0 saturated carbocycles. The van der Waals surface area contributed by atoms with Crippen LogP contribution in [-0.2, 0) is 0 Å². The zero-order valence-electron chi connectivity index (χ0n) is 12.0. The summed E-state index contributed by atoms with van der Waals surface area (Å²) < 4.78 is 0. The molecule has 0 aliphatic carbocycles. The Kier molecular flexibility index (Phi) is 4.38. The number of hydrogen-bond donors (Lipinski definition) is 1. The third kappa shape index (κ3) is 3.28. The van der Waals surface area contributed by atoms with Crippen LogP contribution in [0.2, 0.25) is 0 Å². The molecule has 0 aliphatic rings. The highest BCUT2D eigenvalue weighted by Crippen LogP contribution is 2.18. The molecule has 0 radical (unpaired) electrons. The van der Waals surface area contributed by atoms with Gasteiger partial charge in [0, 0.05) is 17.8 Å². The summed E-state index contributed by atoms with van der Waals surface area (Å²) in [5, 5.41) is 8.88. The standard InChI is InChI=1S/C17H17NO3/c1-3-18(15-6-4-5-12(2)11-15)16(19)13-7-9-14(10-8-13)17(20)21/h4-11H,3H2,1-2H3,(H,20,21). The van der Waals surface area contributed by atoms with E-state index in [0.717, 1.165) is 11.3 Å². The highest BCUT2D eigenvalue weighted by molar-refractivity contribution is 6.06. The van der Waals surface area contributed by atoms with Gasteiger partial charge in [-0.25, -0.2) is 4.79 Å². The topological polar surface area (TPSA) is 57.6 Å². The molecule has 2 rings (SSSR count). The van der Waals surface area contributed by atoms with Crippen LogP contribution >= 0.6 is 0 Å². The molecule has 108 valence electrons. The third-order valence-corrected chi connectivity index (χ3v) is 3.25. The van der Waals surface area contributed by atoms with Crippen molar-refractivity contribution in [1.82, 2.24) is 0 Å². The smallest absolute Gasteiger partial charge is 0.335 e. The summed E-state index contributed by atoms with van der Waals surface area (Å²) >= 11 is 0. The number of nitrogens with zero attached hydrogens (tertiary/aromatic N) is 1. The molecule has 0 atom stereocenters. The molecule has 21 heavy (non-hydrogen) atoms. The molecule has 1 N–H and O–H groups in total. The number of aryl methyl sites for hydroxylation is 1. The van der Waals surface area contributed by atoms with E-state index in [1.54, 1.807) is 17.0 Å². The van der Waals surface area contributed by atoms with Crippen molar-refractivity contribution in [2.75, 3.05) is 11.4 Å². The van der Waals surface area contributed by atoms with Crippen LogP contribution in [0.15, 0.2) is 48.5 Å². The molecule has 0 saturated heterocycles. The van der Waals surface area contributed by atoms with Gasteiger partial charge >= 0.3 is 5.97 Å². The summed E-state index contributed by atoms with van der Waals surface area (Å²) in [6.45, 7) is 4.43. The number of carbonyl (C=O) groups is 2. The minimum Gasteiger partial charge on any atom is -0.478 e. The van der Waals surface area contributed by atoms with Gasteiger partial charge < -0.3 is 10.0 Å². The molecule has 0 aliphatic heterocycles. The number of aromatic carboxylic acids is 1. The monoisotopic (exact) mass is 283 g/mol. The number of carboxylic acid groups (broad SMARTS) is 1. The first-order chi connectivity index (χ1) is 10.0. The van der Waals surface area contributed by atoms with Crippen molar-refractivity contribution in [3.8, 4) is 0 Å². The number of hydrogen-bond acceptors (Lipinski definition) is 2. The highest BCUT2D eigenvalue weighted by Gasteiger charge is 2.16. The number of carbonyl (C=O) groups excluding carboxylic acids is 1. The Labute approximate surface area is 123 Å². The highest BCUT2D eigenvalue weighted by atomic mass is 16.4. The molecule has 0 spiro atoms. The minimum absolute atomic E-state index is 0.139. The molecular formula is C17H17NO3. The second kappa shape index (κ2) is 6.22. The number of amides is 1. The van der Waals surface area contributed by atoms with Crippen LogP contribution in [0, 0.1) is 6.92 Å². The van der Waals surface area contributed by atoms with E-state index in [9.17, 15) is 9.59 Å². The Morgan fingerprint density at radius 3 is 2.19 bits per heavy atom. The summed E-state index contributed by atoms with van der Waals surface area (Å²) in [6.07, 6.45) is 0. The maximum Gasteiger partial charge on any atom is 0.335 e. The average Bonchev–Trinajstić information content (AvgIpc) is 2.48. The van der Waals surface area contributed by atoms with Crippen molar-refractivity contribution >= 4 is 17.6 Å². The fraction of sp³-hybridized carbons (Fsp3) is 0.176. The predicted molar refractivity (Wildman–Crippen MR) is 81.9 cm³/mol. The quantitative estimate of drug-likeness (QED) is 0.936. The van der Waals surface area contributed by atoms with Crippen LogP contribution in [0.5, 0.6) is 0 Å². The lowest BCUT2D eigenvalue weighted by atomic mass is 10.1. The second-order valence-electron chi connectivity index (χ2n) is 4.77. The van der Waals surface area contributed by atoms with Gasteiger partial charge in [-0.05, 0) is 55.8 Å². The van der Waals surface area contributed by atoms with E-state index < -0.39 is 5.97 Å². The van der Waals surface area contributed by atoms with E-state index in [-0.39, 0.29) is 11.5 Å². The first-order valence-electron chi connectivity index (χ1n) is 6.75. The van der Waals surface area contributed by atoms with Crippen molar-refractivity contribution in [2.24, 2.45) is 0 Å². The van der Waals surface area contributed by atoms with E-state index in [2.05, 4.69) is 0 Å². The molecule has 0 aromatic heterocycles. The van der Waals surface area contributed by atoms with Crippen molar-refractivity contribution in [2.45, 2.75) is 13.8 Å². The third-order valence-electron chi connectivity index (χ3n) is 3.25. The molecule has 0 heterocycles. The average molecular weight is 283 g/mol. The van der Waals surface area contributed by atoms with Gasteiger partial charge in [-0.3, -0.25) is 4.79 Å². The predicted octanol–water partition coefficient (Wildman–Crippen LogP) is 3.36. The van der Waals surface area contributed by atoms with E-state index in [0.29, 0.717) is 12.1 Å². The van der Waals surface area contributed by atoms with E-state index >= 15 is 0 Å². The Morgan fingerprint density at radius 2 is 1.67 bits per heavy atom. The van der Waals surface area contributed by atoms with E-state index in [4.69, 9.17) is 5.11 Å². The first-order valence-corrected chi connectivity index (χ1v) is 6.75. The summed E-state index contributed by atoms with van der Waals surface area (Å²) in [4.78, 5) is 25.1. The molecular weight excluding hydrogens is 266 g/mol. The van der Waals surface area contributed by atoms with Crippen molar-refractivity contribution < 1.29 is 14.7 Å². The zero-order valence-corrected chi connectivity index (χ0v) is 12.0. The van der Waals surface area contributed by atoms with Gasteiger partial charge in [0.1, 0.15) is 0 Å². The molecule has 0 bridgehead atoms. The molecule has 0 unspecified atom stereocenters. The summed E-state index contributed by atoms with van der Waals surface area (Å²) in [7, 11) is 0. The van der Waals surface area contributed by atoms with E-state index in [1.165, 1.54) is 12.1 Å². The lowest BCUT2D eigenvalue weighted by Gasteiger charge is -2.21. The summed E-state index contributed by atoms with van der Waals surface area (Å²) in [5.74, 6) is -1.14. The lowest BCUT2D eigenvalue weighted by molar-refractivity contribution is 0.0696. The minimum atomic E-state index is -1.000. The Balaban J connectivity index is 2.30. The van der Waals surface area contributed by atoms with Gasteiger partial charge in [0.25, 0.3) is 5.91 Å². The van der Waals surface area contributed by atoms with Gasteiger partial charge in [-0.2, -0.15) is 0 Å². The number of benzene rings is 2. The SMILES string of the molecule is CCN(C(=O)c1ccc(C(=O)O)cc1)c1cccc(C)c1. The first kappa shape index (κ1) is 14.8. The molecule has 2 aromatic carbocycles. The Hall–Kier alpha value is -2.62. The Bertz CT molecular complexity index is 662. The number of rotatable bonds is 4. The molecule has 4 heteroatoms. The van der Waals surface area contributed by atoms with Crippen LogP contribution in [0.3, 0.4) is 0 Å². The van der Waals surface area contributed by atoms with Gasteiger partial charge in [0.05, 0.1) is 5.56 Å². The Morgan fingerprint density at radius 1 is 1.05 bits per heavy atom. The van der Waals surface area contributed by atoms with Crippen molar-refractivity contribution in [1.29, 1.82) is 0 Å². The summed E-state index contributed by atoms with van der Waals surface area (Å²) in [6, 6.07) is 13.7. The lowest BCUT2D eigenvalue weighted by Crippen LogP contribution is -2.30. The normalized spacial score (nSPS) is 10.2.